The molecule has 168 valence electrons. The number of hydrogen-bond acceptors (Lipinski definition) is 4. The molecule has 0 aliphatic heterocycles. The van der Waals surface area contributed by atoms with E-state index in [4.69, 9.17) is 37.7 Å². The van der Waals surface area contributed by atoms with Crippen molar-refractivity contribution in [2.75, 3.05) is 7.11 Å². The predicted molar refractivity (Wildman–Crippen MR) is 137 cm³/mol. The Hall–Kier alpha value is -3.60. The summed E-state index contributed by atoms with van der Waals surface area (Å²) in [5.41, 5.74) is 3.28. The van der Waals surface area contributed by atoms with Crippen molar-refractivity contribution in [2.24, 2.45) is 0 Å². The summed E-state index contributed by atoms with van der Waals surface area (Å²) >= 11 is 12.5. The Balaban J connectivity index is 1.54. The van der Waals surface area contributed by atoms with E-state index in [2.05, 4.69) is 0 Å². The average molecular weight is 488 g/mol. The molecule has 5 aromatic rings. The number of rotatable bonds is 5. The zero-order chi connectivity index (χ0) is 23.7. The minimum absolute atomic E-state index is 0.0267. The molecule has 4 aromatic carbocycles. The molecule has 0 unspecified atom stereocenters. The van der Waals surface area contributed by atoms with Gasteiger partial charge in [0.05, 0.1) is 23.9 Å². The standard InChI is InChI=1S/C28H19Cl2NO3/c1-33-20-12-11-17-13-19(10-9-18(17)14-20)27-15-22(21-5-2-3-8-26(21)31-27)28(32)34-16-23-24(29)6-4-7-25(23)30/h2-15H,16H2,1H3. The molecule has 0 atom stereocenters. The molecular formula is C28H19Cl2NO3. The van der Waals surface area contributed by atoms with Gasteiger partial charge in [0.25, 0.3) is 0 Å². The first kappa shape index (κ1) is 22.2. The number of hydrogen-bond donors (Lipinski definition) is 0. The number of fused-ring (bicyclic) bond motifs is 2. The number of aromatic nitrogens is 1. The molecule has 0 saturated heterocycles. The molecule has 0 N–H and O–H groups in total. The van der Waals surface area contributed by atoms with Crippen LogP contribution in [0.3, 0.4) is 0 Å². The molecule has 1 heterocycles. The van der Waals surface area contributed by atoms with E-state index in [0.717, 1.165) is 22.1 Å². The van der Waals surface area contributed by atoms with Gasteiger partial charge in [-0.1, -0.05) is 65.7 Å². The number of esters is 1. The largest absolute Gasteiger partial charge is 0.497 e. The van der Waals surface area contributed by atoms with Crippen LogP contribution in [0.15, 0.2) is 84.9 Å². The zero-order valence-electron chi connectivity index (χ0n) is 18.2. The van der Waals surface area contributed by atoms with Gasteiger partial charge in [0, 0.05) is 26.6 Å². The molecule has 34 heavy (non-hydrogen) atoms. The summed E-state index contributed by atoms with van der Waals surface area (Å²) in [6.07, 6.45) is 0. The van der Waals surface area contributed by atoms with E-state index in [1.165, 1.54) is 0 Å². The Morgan fingerprint density at radius 2 is 1.59 bits per heavy atom. The van der Waals surface area contributed by atoms with Crippen LogP contribution in [0, 0.1) is 0 Å². The highest BCUT2D eigenvalue weighted by Gasteiger charge is 2.17. The zero-order valence-corrected chi connectivity index (χ0v) is 19.7. The molecule has 1 aromatic heterocycles. The predicted octanol–water partition coefficient (Wildman–Crippen LogP) is 7.73. The van der Waals surface area contributed by atoms with Crippen LogP contribution in [0.1, 0.15) is 15.9 Å². The molecule has 0 spiro atoms. The minimum Gasteiger partial charge on any atom is -0.497 e. The van der Waals surface area contributed by atoms with Gasteiger partial charge in [0.1, 0.15) is 12.4 Å². The second-order valence-electron chi connectivity index (χ2n) is 7.78. The molecule has 0 amide bonds. The lowest BCUT2D eigenvalue weighted by molar-refractivity contribution is 0.0475. The van der Waals surface area contributed by atoms with Gasteiger partial charge in [0.2, 0.25) is 0 Å². The van der Waals surface area contributed by atoms with Crippen LogP contribution in [0.4, 0.5) is 0 Å². The van der Waals surface area contributed by atoms with Crippen LogP contribution in [0.2, 0.25) is 10.0 Å². The van der Waals surface area contributed by atoms with Crippen LogP contribution in [0.25, 0.3) is 32.9 Å². The second kappa shape index (κ2) is 9.34. The van der Waals surface area contributed by atoms with Crippen LogP contribution in [0.5, 0.6) is 5.75 Å². The highest BCUT2D eigenvalue weighted by Crippen LogP contribution is 2.30. The summed E-state index contributed by atoms with van der Waals surface area (Å²) in [5, 5.41) is 3.72. The van der Waals surface area contributed by atoms with Gasteiger partial charge in [0.15, 0.2) is 0 Å². The summed E-state index contributed by atoms with van der Waals surface area (Å²) in [4.78, 5) is 18.0. The number of methoxy groups -OCH3 is 1. The third kappa shape index (κ3) is 4.30. The molecule has 6 heteroatoms. The highest BCUT2D eigenvalue weighted by molar-refractivity contribution is 6.36. The van der Waals surface area contributed by atoms with E-state index in [1.54, 1.807) is 31.4 Å². The van der Waals surface area contributed by atoms with Crippen LogP contribution in [-0.2, 0) is 11.3 Å². The van der Waals surface area contributed by atoms with Crippen LogP contribution in [-0.4, -0.2) is 18.1 Å². The summed E-state index contributed by atoms with van der Waals surface area (Å²) in [6, 6.07) is 26.4. The molecule has 0 fully saturated rings. The fourth-order valence-corrected chi connectivity index (χ4v) is 4.39. The number of carbonyl (C=O) groups excluding carboxylic acids is 1. The van der Waals surface area contributed by atoms with Gasteiger partial charge in [-0.3, -0.25) is 0 Å². The van der Waals surface area contributed by atoms with Crippen molar-refractivity contribution in [3.8, 4) is 17.0 Å². The topological polar surface area (TPSA) is 48.4 Å². The smallest absolute Gasteiger partial charge is 0.339 e. The van der Waals surface area contributed by atoms with Gasteiger partial charge in [-0.15, -0.1) is 0 Å². The second-order valence-corrected chi connectivity index (χ2v) is 8.59. The van der Waals surface area contributed by atoms with E-state index in [-0.39, 0.29) is 6.61 Å². The first-order chi connectivity index (χ1) is 16.5. The molecule has 4 nitrogen and oxygen atoms in total. The van der Waals surface area contributed by atoms with Crippen molar-refractivity contribution in [1.29, 1.82) is 0 Å². The lowest BCUT2D eigenvalue weighted by atomic mass is 10.0. The first-order valence-electron chi connectivity index (χ1n) is 10.6. The number of nitrogens with zero attached hydrogens (tertiary/aromatic N) is 1. The molecule has 0 radical (unpaired) electrons. The van der Waals surface area contributed by atoms with Gasteiger partial charge in [-0.25, -0.2) is 9.78 Å². The Labute approximate surface area is 206 Å². The Kier molecular flexibility index (Phi) is 6.10. The van der Waals surface area contributed by atoms with Crippen molar-refractivity contribution < 1.29 is 14.3 Å². The fourth-order valence-electron chi connectivity index (χ4n) is 3.89. The van der Waals surface area contributed by atoms with E-state index in [1.807, 2.05) is 60.7 Å². The van der Waals surface area contributed by atoms with E-state index in [0.29, 0.717) is 37.8 Å². The lowest BCUT2D eigenvalue weighted by Gasteiger charge is -2.12. The fraction of sp³-hybridized carbons (Fsp3) is 0.0714. The maximum absolute atomic E-state index is 13.2. The highest BCUT2D eigenvalue weighted by atomic mass is 35.5. The quantitative estimate of drug-likeness (QED) is 0.238. The third-order valence-corrected chi connectivity index (χ3v) is 6.40. The maximum Gasteiger partial charge on any atom is 0.339 e. The van der Waals surface area contributed by atoms with E-state index < -0.39 is 5.97 Å². The van der Waals surface area contributed by atoms with Crippen molar-refractivity contribution in [3.05, 3.63) is 106 Å². The van der Waals surface area contributed by atoms with Crippen LogP contribution < -0.4 is 4.74 Å². The molecule has 5 rings (SSSR count). The van der Waals surface area contributed by atoms with Crippen molar-refractivity contribution in [1.82, 2.24) is 4.98 Å². The number of carbonyl (C=O) groups is 1. The number of pyridine rings is 1. The Morgan fingerprint density at radius 1 is 0.853 bits per heavy atom. The number of ether oxygens (including phenoxy) is 2. The SMILES string of the molecule is COc1ccc2cc(-c3cc(C(=O)OCc4c(Cl)cccc4Cl)c4ccccc4n3)ccc2c1. The number of benzene rings is 4. The van der Waals surface area contributed by atoms with Crippen LogP contribution >= 0.6 is 23.2 Å². The van der Waals surface area contributed by atoms with Crippen molar-refractivity contribution in [2.45, 2.75) is 6.61 Å². The van der Waals surface area contributed by atoms with E-state index in [9.17, 15) is 4.79 Å². The molecule has 0 saturated carbocycles. The van der Waals surface area contributed by atoms with Gasteiger partial charge in [-0.05, 0) is 53.2 Å². The van der Waals surface area contributed by atoms with Crippen molar-refractivity contribution in [3.63, 3.8) is 0 Å². The summed E-state index contributed by atoms with van der Waals surface area (Å²) in [5.74, 6) is 0.328. The maximum atomic E-state index is 13.2. The summed E-state index contributed by atoms with van der Waals surface area (Å²) in [6.45, 7) is -0.0267. The monoisotopic (exact) mass is 487 g/mol. The molecule has 0 aliphatic rings. The Bertz CT molecular complexity index is 1530. The molecule has 0 bridgehead atoms. The summed E-state index contributed by atoms with van der Waals surface area (Å²) in [7, 11) is 1.65. The third-order valence-electron chi connectivity index (χ3n) is 5.69. The molecular weight excluding hydrogens is 469 g/mol. The summed E-state index contributed by atoms with van der Waals surface area (Å²) < 4.78 is 10.9. The van der Waals surface area contributed by atoms with Gasteiger partial charge < -0.3 is 9.47 Å². The van der Waals surface area contributed by atoms with Crippen molar-refractivity contribution >= 4 is 50.8 Å². The van der Waals surface area contributed by atoms with Gasteiger partial charge >= 0.3 is 5.97 Å². The average Bonchev–Trinajstić information content (AvgIpc) is 2.87. The number of halogens is 2. The number of para-hydroxylation sites is 1. The lowest BCUT2D eigenvalue weighted by Crippen LogP contribution is -2.07. The Morgan fingerprint density at radius 3 is 2.38 bits per heavy atom. The molecule has 0 aliphatic carbocycles. The van der Waals surface area contributed by atoms with E-state index >= 15 is 0 Å². The van der Waals surface area contributed by atoms with Gasteiger partial charge in [-0.2, -0.15) is 0 Å². The normalized spacial score (nSPS) is 11.0. The first-order valence-corrected chi connectivity index (χ1v) is 11.4. The minimum atomic E-state index is -0.471.